The molecule has 7 heteroatoms. The van der Waals surface area contributed by atoms with Gasteiger partial charge in [-0.1, -0.05) is 13.5 Å². The van der Waals surface area contributed by atoms with Gasteiger partial charge in [-0.2, -0.15) is 4.89 Å². The molecule has 0 bridgehead atoms. The summed E-state index contributed by atoms with van der Waals surface area (Å²) in [4.78, 5) is 20.3. The monoisotopic (exact) mass is 250 g/mol. The summed E-state index contributed by atoms with van der Waals surface area (Å²) in [6.45, 7) is 5.09. The molecule has 0 saturated heterocycles. The molecule has 16 heavy (non-hydrogen) atoms. The number of rotatable bonds is 8. The van der Waals surface area contributed by atoms with Crippen molar-refractivity contribution in [3.05, 3.63) is 12.7 Å². The Morgan fingerprint density at radius 1 is 1.31 bits per heavy atom. The molecule has 0 aromatic rings. The molecule has 0 fully saturated rings. The second kappa shape index (κ2) is 7.53. The molecule has 0 radical (unpaired) electrons. The Kier molecular flexibility index (Phi) is 7.18. The van der Waals surface area contributed by atoms with E-state index < -0.39 is 20.5 Å². The van der Waals surface area contributed by atoms with Gasteiger partial charge in [0.05, 0.1) is 0 Å². The molecule has 1 unspecified atom stereocenters. The molecule has 94 valence electrons. The number of hydrogen-bond donors (Lipinski definition) is 0. The van der Waals surface area contributed by atoms with E-state index in [2.05, 4.69) is 11.5 Å². The van der Waals surface area contributed by atoms with Gasteiger partial charge in [-0.3, -0.25) is 4.89 Å². The van der Waals surface area contributed by atoms with Crippen LogP contribution in [0.1, 0.15) is 13.3 Å². The minimum absolute atomic E-state index is 0.520. The molecule has 0 aliphatic heterocycles. The molecule has 0 aromatic heterocycles. The van der Waals surface area contributed by atoms with E-state index in [1.807, 2.05) is 6.92 Å². The lowest BCUT2D eigenvalue weighted by Crippen LogP contribution is -2.55. The van der Waals surface area contributed by atoms with Crippen LogP contribution in [0, 0.1) is 0 Å². The van der Waals surface area contributed by atoms with Gasteiger partial charge >= 0.3 is 14.8 Å². The van der Waals surface area contributed by atoms with Crippen molar-refractivity contribution in [1.82, 2.24) is 0 Å². The zero-order valence-electron chi connectivity index (χ0n) is 10.0. The normalized spacial score (nSPS) is 13.2. The molecule has 0 spiro atoms. The largest absolute Gasteiger partial charge is 0.535 e. The molecule has 0 saturated carbocycles. The summed E-state index contributed by atoms with van der Waals surface area (Å²) in [6.07, 6.45) is 1.52. The Bertz CT molecular complexity index is 220. The van der Waals surface area contributed by atoms with Crippen molar-refractivity contribution in [2.45, 2.75) is 19.1 Å². The summed E-state index contributed by atoms with van der Waals surface area (Å²) in [7, 11) is 1.42. The Morgan fingerprint density at radius 2 is 1.81 bits per heavy atom. The van der Waals surface area contributed by atoms with Crippen LogP contribution < -0.4 is 0 Å². The fourth-order valence-corrected chi connectivity index (χ4v) is 3.12. The third-order valence-electron chi connectivity index (χ3n) is 2.03. The minimum atomic E-state index is -2.96. The van der Waals surface area contributed by atoms with Gasteiger partial charge in [0, 0.05) is 27.4 Å². The molecule has 0 N–H and O–H groups in total. The van der Waals surface area contributed by atoms with E-state index in [4.69, 9.17) is 18.2 Å². The van der Waals surface area contributed by atoms with Crippen molar-refractivity contribution in [2.75, 3.05) is 21.3 Å². The highest BCUT2D eigenvalue weighted by Crippen LogP contribution is 2.18. The highest BCUT2D eigenvalue weighted by atomic mass is 28.4. The number of hydrogen-bond acceptors (Lipinski definition) is 6. The zero-order valence-corrected chi connectivity index (χ0v) is 11.0. The topological polar surface area (TPSA) is 63.2 Å². The maximum atomic E-state index is 10.9. The fourth-order valence-electron chi connectivity index (χ4n) is 1.16. The number of carbonyl (C=O) groups excluding carboxylic acids is 1. The van der Waals surface area contributed by atoms with Crippen LogP contribution in [0.15, 0.2) is 12.7 Å². The predicted molar refractivity (Wildman–Crippen MR) is 58.2 cm³/mol. The van der Waals surface area contributed by atoms with Crippen LogP contribution in [0.5, 0.6) is 0 Å². The molecule has 0 heterocycles. The van der Waals surface area contributed by atoms with Gasteiger partial charge in [-0.15, -0.1) is 0 Å². The van der Waals surface area contributed by atoms with E-state index in [1.54, 1.807) is 0 Å². The van der Waals surface area contributed by atoms with Gasteiger partial charge in [-0.25, -0.2) is 4.79 Å². The van der Waals surface area contributed by atoms with Crippen molar-refractivity contribution >= 4 is 14.8 Å². The van der Waals surface area contributed by atoms with E-state index in [0.717, 1.165) is 6.08 Å². The van der Waals surface area contributed by atoms with Gasteiger partial charge in [0.25, 0.3) is 0 Å². The summed E-state index contributed by atoms with van der Waals surface area (Å²) < 4.78 is 15.6. The average Bonchev–Trinajstić information content (AvgIpc) is 2.34. The van der Waals surface area contributed by atoms with Crippen LogP contribution in [0.2, 0.25) is 0 Å². The van der Waals surface area contributed by atoms with Gasteiger partial charge < -0.3 is 13.3 Å². The Morgan fingerprint density at radius 3 is 2.12 bits per heavy atom. The zero-order chi connectivity index (χ0) is 12.6. The van der Waals surface area contributed by atoms with Gasteiger partial charge in [0.1, 0.15) is 0 Å². The lowest BCUT2D eigenvalue weighted by molar-refractivity contribution is -0.287. The van der Waals surface area contributed by atoms with E-state index in [9.17, 15) is 4.79 Å². The lowest BCUT2D eigenvalue weighted by Gasteiger charge is -2.29. The van der Waals surface area contributed by atoms with Crippen LogP contribution in [0.25, 0.3) is 0 Å². The van der Waals surface area contributed by atoms with Crippen molar-refractivity contribution < 1.29 is 27.8 Å². The van der Waals surface area contributed by atoms with Gasteiger partial charge in [0.2, 0.25) is 0 Å². The Hall–Kier alpha value is -0.733. The average molecular weight is 250 g/mol. The first-order valence-corrected chi connectivity index (χ1v) is 6.55. The summed E-state index contributed by atoms with van der Waals surface area (Å²) >= 11 is 0. The second-order valence-corrected chi connectivity index (χ2v) is 5.89. The molecule has 1 atom stereocenters. The van der Waals surface area contributed by atoms with Crippen LogP contribution in [-0.4, -0.2) is 41.8 Å². The summed E-state index contributed by atoms with van der Waals surface area (Å²) in [5.74, 6) is -0.676. The van der Waals surface area contributed by atoms with Crippen molar-refractivity contribution in [2.24, 2.45) is 0 Å². The quantitative estimate of drug-likeness (QED) is 0.275. The van der Waals surface area contributed by atoms with Gasteiger partial charge in [0.15, 0.2) is 5.73 Å². The van der Waals surface area contributed by atoms with Crippen molar-refractivity contribution in [1.29, 1.82) is 0 Å². The highest BCUT2D eigenvalue weighted by Gasteiger charge is 2.49. The summed E-state index contributed by atoms with van der Waals surface area (Å²) in [5.41, 5.74) is -0.573. The minimum Gasteiger partial charge on any atom is -0.375 e. The molecule has 0 rings (SSSR count). The maximum absolute atomic E-state index is 10.9. The number of carbonyl (C=O) groups is 1. The molecule has 6 nitrogen and oxygen atoms in total. The lowest BCUT2D eigenvalue weighted by atomic mass is 10.5. The first-order chi connectivity index (χ1) is 7.60. The molecular weight excluding hydrogens is 232 g/mol. The molecule has 0 amide bonds. The first kappa shape index (κ1) is 15.3. The van der Waals surface area contributed by atoms with Crippen LogP contribution in [-0.2, 0) is 27.8 Å². The summed E-state index contributed by atoms with van der Waals surface area (Å²) in [6, 6.07) is 0. The van der Waals surface area contributed by atoms with Gasteiger partial charge in [-0.05, 0) is 6.42 Å². The molecule has 0 aromatic carbocycles. The van der Waals surface area contributed by atoms with E-state index in [-0.39, 0.29) is 0 Å². The smallest absolute Gasteiger partial charge is 0.375 e. The Labute approximate surface area is 96.4 Å². The van der Waals surface area contributed by atoms with Crippen LogP contribution in [0.3, 0.4) is 0 Å². The van der Waals surface area contributed by atoms with Crippen LogP contribution in [0.4, 0.5) is 0 Å². The molecule has 0 aliphatic carbocycles. The standard InChI is InChI=1S/C9H18O6Si/c1-6-8(10)14-15-9(7-2)16(11-3,12-4)13-5/h6,9H,1,7H2,2-5H3. The predicted octanol–water partition coefficient (Wildman–Crippen LogP) is 0.843. The Balaban J connectivity index is 4.55. The van der Waals surface area contributed by atoms with Crippen LogP contribution >= 0.6 is 0 Å². The van der Waals surface area contributed by atoms with E-state index >= 15 is 0 Å². The third-order valence-corrected chi connectivity index (χ3v) is 5.03. The fraction of sp³-hybridized carbons (Fsp3) is 0.667. The second-order valence-electron chi connectivity index (χ2n) is 2.82. The van der Waals surface area contributed by atoms with Crippen molar-refractivity contribution in [3.8, 4) is 0 Å². The molecule has 0 aliphatic rings. The summed E-state index contributed by atoms with van der Waals surface area (Å²) in [5, 5.41) is 0. The maximum Gasteiger partial charge on any atom is 0.535 e. The van der Waals surface area contributed by atoms with E-state index in [0.29, 0.717) is 6.42 Å². The SMILES string of the molecule is C=CC(=O)OOC(CC)[Si](OC)(OC)OC. The third kappa shape index (κ3) is 3.69. The van der Waals surface area contributed by atoms with E-state index in [1.165, 1.54) is 21.3 Å². The van der Waals surface area contributed by atoms with Crippen molar-refractivity contribution in [3.63, 3.8) is 0 Å². The highest BCUT2D eigenvalue weighted by molar-refractivity contribution is 6.62. The first-order valence-electron chi connectivity index (χ1n) is 4.75. The molecular formula is C9H18O6Si.